The van der Waals surface area contributed by atoms with Gasteiger partial charge >= 0.3 is 0 Å². The molecule has 11 heteroatoms. The fourth-order valence-electron chi connectivity index (χ4n) is 6.41. The molecule has 0 saturated carbocycles. The van der Waals surface area contributed by atoms with Crippen molar-refractivity contribution in [3.05, 3.63) is 69.8 Å². The summed E-state index contributed by atoms with van der Waals surface area (Å²) in [7, 11) is -2.23. The van der Waals surface area contributed by atoms with Crippen LogP contribution in [0.1, 0.15) is 102 Å². The highest BCUT2D eigenvalue weighted by atomic mass is 32.2. The molecule has 5 rings (SSSR count). The number of benzene rings is 1. The first-order chi connectivity index (χ1) is 21.5. The lowest BCUT2D eigenvalue weighted by atomic mass is 9.65. The molecule has 2 heterocycles. The zero-order chi connectivity index (χ0) is 35.3. The molecule has 0 fully saturated rings. The number of hydrogen-bond donors (Lipinski definition) is 2. The van der Waals surface area contributed by atoms with Crippen molar-refractivity contribution in [2.24, 2.45) is 16.6 Å². The monoisotopic (exact) mass is 665 g/mol. The van der Waals surface area contributed by atoms with Crippen molar-refractivity contribution in [2.45, 2.75) is 92.5 Å². The number of allylic oxidation sites excluding steroid dienone is 4. The van der Waals surface area contributed by atoms with Gasteiger partial charge in [-0.05, 0) is 68.4 Å². The number of carbonyl (C=O) groups excluding carboxylic acids is 3. The van der Waals surface area contributed by atoms with Gasteiger partial charge in [0.2, 0.25) is 10.0 Å². The van der Waals surface area contributed by atoms with E-state index in [1.807, 2.05) is 60.1 Å². The topological polar surface area (TPSA) is 155 Å². The molecule has 3 aliphatic rings. The minimum Gasteiger partial charge on any atom is -0.496 e. The molecular weight excluding hydrogens is 618 g/mol. The first kappa shape index (κ1) is 36.0. The fourth-order valence-corrected chi connectivity index (χ4v) is 6.85. The first-order valence-corrected chi connectivity index (χ1v) is 17.6. The molecule has 10 nitrogen and oxygen atoms in total. The molecule has 1 aromatic carbocycles. The standard InChI is InChI=1S/C32H36N2O7S.C4H11N/c1-17-18(19-9-8-10-20(33-19)30(37)34-42(7,38)39)11-12-23(40-6)26(17)29-27-21(35)13-31(2,3)15-24(27)41-25-16-32(4,5)14-22(36)28(25)29;1-4(2,3)5/h8-12,29H,13-16H2,1-7H3,(H,34,37);5H2,1-3H3. The Balaban J connectivity index is 0.000000930. The minimum atomic E-state index is -3.78. The van der Waals surface area contributed by atoms with Crippen LogP contribution in [-0.4, -0.2) is 49.8 Å². The largest absolute Gasteiger partial charge is 0.496 e. The molecule has 0 radical (unpaired) electrons. The molecule has 2 aromatic rings. The normalized spacial score (nSPS) is 19.2. The molecule has 0 atom stereocenters. The lowest BCUT2D eigenvalue weighted by Crippen LogP contribution is -2.38. The maximum Gasteiger partial charge on any atom is 0.283 e. The van der Waals surface area contributed by atoms with Crippen molar-refractivity contribution in [1.29, 1.82) is 0 Å². The van der Waals surface area contributed by atoms with Crippen LogP contribution >= 0.6 is 0 Å². The van der Waals surface area contributed by atoms with Gasteiger partial charge < -0.3 is 15.2 Å². The van der Waals surface area contributed by atoms with Crippen LogP contribution in [0.5, 0.6) is 5.75 Å². The second kappa shape index (κ2) is 12.6. The molecule has 0 bridgehead atoms. The summed E-state index contributed by atoms with van der Waals surface area (Å²) in [6.45, 7) is 15.9. The Labute approximate surface area is 278 Å². The maximum atomic E-state index is 13.8. The molecular formula is C36H47N3O7S. The van der Waals surface area contributed by atoms with E-state index < -0.39 is 21.8 Å². The predicted octanol–water partition coefficient (Wildman–Crippen LogP) is 5.90. The van der Waals surface area contributed by atoms with Gasteiger partial charge in [0.1, 0.15) is 23.0 Å². The van der Waals surface area contributed by atoms with Crippen LogP contribution in [0.3, 0.4) is 0 Å². The third-order valence-electron chi connectivity index (χ3n) is 8.10. The van der Waals surface area contributed by atoms with Crippen LogP contribution < -0.4 is 15.2 Å². The summed E-state index contributed by atoms with van der Waals surface area (Å²) in [6, 6.07) is 8.35. The van der Waals surface area contributed by atoms with Gasteiger partial charge in [-0.2, -0.15) is 0 Å². The van der Waals surface area contributed by atoms with Gasteiger partial charge in [-0.25, -0.2) is 18.1 Å². The summed E-state index contributed by atoms with van der Waals surface area (Å²) < 4.78 is 37.5. The van der Waals surface area contributed by atoms with E-state index in [1.54, 1.807) is 31.4 Å². The van der Waals surface area contributed by atoms with Crippen LogP contribution in [0.15, 0.2) is 53.0 Å². The van der Waals surface area contributed by atoms with Gasteiger partial charge in [0.15, 0.2) is 11.6 Å². The second-order valence-corrected chi connectivity index (χ2v) is 17.2. The zero-order valence-electron chi connectivity index (χ0n) is 29.1. The van der Waals surface area contributed by atoms with Gasteiger partial charge in [0, 0.05) is 53.5 Å². The van der Waals surface area contributed by atoms with Crippen LogP contribution in [0.25, 0.3) is 11.3 Å². The number of carbonyl (C=O) groups is 3. The number of aromatic nitrogens is 1. The Morgan fingerprint density at radius 2 is 1.47 bits per heavy atom. The third kappa shape index (κ3) is 8.37. The molecule has 47 heavy (non-hydrogen) atoms. The number of methoxy groups -OCH3 is 1. The predicted molar refractivity (Wildman–Crippen MR) is 181 cm³/mol. The van der Waals surface area contributed by atoms with Crippen molar-refractivity contribution in [2.75, 3.05) is 13.4 Å². The van der Waals surface area contributed by atoms with E-state index in [1.165, 1.54) is 6.07 Å². The molecule has 1 aliphatic heterocycles. The minimum absolute atomic E-state index is 0. The number of nitrogens with one attached hydrogen (secondary N) is 1. The summed E-state index contributed by atoms with van der Waals surface area (Å²) >= 11 is 0. The highest BCUT2D eigenvalue weighted by Crippen LogP contribution is 2.55. The SMILES string of the molecule is CC(C)(C)N.COc1ccc(-c2cccc(C(=O)NS(C)(=O)=O)n2)c(C)c1C1C2=C(CC(C)(C)CC2=O)OC2=C1C(=O)CC(C)(C)C2. The van der Waals surface area contributed by atoms with Crippen molar-refractivity contribution in [1.82, 2.24) is 9.71 Å². The number of ketones is 2. The van der Waals surface area contributed by atoms with E-state index in [0.717, 1.165) is 11.8 Å². The summed E-state index contributed by atoms with van der Waals surface area (Å²) in [5, 5.41) is 0. The van der Waals surface area contributed by atoms with Gasteiger partial charge in [0.25, 0.3) is 5.91 Å². The van der Waals surface area contributed by atoms with Crippen LogP contribution in [0, 0.1) is 17.8 Å². The van der Waals surface area contributed by atoms with Crippen molar-refractivity contribution < 1.29 is 32.3 Å². The first-order valence-electron chi connectivity index (χ1n) is 15.7. The number of nitrogens with two attached hydrogens (primary N) is 1. The highest BCUT2D eigenvalue weighted by molar-refractivity contribution is 7.89. The third-order valence-corrected chi connectivity index (χ3v) is 8.66. The average Bonchev–Trinajstić information content (AvgIpc) is 2.88. The summed E-state index contributed by atoms with van der Waals surface area (Å²) in [5.41, 5.74) is 8.19. The van der Waals surface area contributed by atoms with Crippen LogP contribution in [-0.2, 0) is 24.3 Å². The molecule has 3 N–H and O–H groups in total. The van der Waals surface area contributed by atoms with Crippen molar-refractivity contribution in [3.63, 3.8) is 0 Å². The van der Waals surface area contributed by atoms with Crippen molar-refractivity contribution >= 4 is 27.5 Å². The molecule has 0 unspecified atom stereocenters. The second-order valence-electron chi connectivity index (χ2n) is 15.4. The molecule has 254 valence electrons. The number of ether oxygens (including phenoxy) is 2. The number of sulfonamides is 1. The van der Waals surface area contributed by atoms with E-state index in [2.05, 4.69) is 4.98 Å². The van der Waals surface area contributed by atoms with Crippen LogP contribution in [0.4, 0.5) is 0 Å². The lowest BCUT2D eigenvalue weighted by molar-refractivity contribution is -0.120. The quantitative estimate of drug-likeness (QED) is 0.397. The Kier molecular flexibility index (Phi) is 9.69. The van der Waals surface area contributed by atoms with E-state index in [0.29, 0.717) is 70.9 Å². The van der Waals surface area contributed by atoms with Gasteiger partial charge in [-0.3, -0.25) is 14.4 Å². The molecule has 0 spiro atoms. The Morgan fingerprint density at radius 3 is 1.94 bits per heavy atom. The van der Waals surface area contributed by atoms with E-state index in [9.17, 15) is 22.8 Å². The summed E-state index contributed by atoms with van der Waals surface area (Å²) in [4.78, 5) is 44.7. The van der Waals surface area contributed by atoms with Gasteiger partial charge in [0.05, 0.1) is 25.0 Å². The van der Waals surface area contributed by atoms with E-state index >= 15 is 0 Å². The van der Waals surface area contributed by atoms with E-state index in [-0.39, 0.29) is 33.6 Å². The molecule has 0 saturated heterocycles. The number of amides is 1. The Hall–Kier alpha value is -3.83. The molecule has 1 aromatic heterocycles. The molecule has 1 amide bonds. The lowest BCUT2D eigenvalue weighted by Gasteiger charge is -2.43. The number of rotatable bonds is 5. The number of pyridine rings is 1. The Morgan fingerprint density at radius 1 is 0.957 bits per heavy atom. The van der Waals surface area contributed by atoms with Crippen LogP contribution in [0.2, 0.25) is 0 Å². The molecule has 2 aliphatic carbocycles. The number of nitrogens with zero attached hydrogens (tertiary/aromatic N) is 1. The van der Waals surface area contributed by atoms with E-state index in [4.69, 9.17) is 15.2 Å². The van der Waals surface area contributed by atoms with Gasteiger partial charge in [-0.1, -0.05) is 33.8 Å². The zero-order valence-corrected chi connectivity index (χ0v) is 29.9. The Bertz CT molecular complexity index is 1750. The fraction of sp³-hybridized carbons (Fsp3) is 0.500. The highest BCUT2D eigenvalue weighted by Gasteiger charge is 2.49. The number of Topliss-reactive ketones (excluding diaryl/α,β-unsaturated/α-hetero) is 2. The number of hydrogen-bond acceptors (Lipinski definition) is 9. The smallest absolute Gasteiger partial charge is 0.283 e. The summed E-state index contributed by atoms with van der Waals surface area (Å²) in [6.07, 6.45) is 2.68. The van der Waals surface area contributed by atoms with Gasteiger partial charge in [-0.15, -0.1) is 0 Å². The van der Waals surface area contributed by atoms with Crippen molar-refractivity contribution in [3.8, 4) is 17.0 Å². The maximum absolute atomic E-state index is 13.8. The average molecular weight is 666 g/mol. The summed E-state index contributed by atoms with van der Waals surface area (Å²) in [5.74, 6) is 0.0980.